The van der Waals surface area contributed by atoms with Crippen LogP contribution >= 0.6 is 0 Å². The molecule has 2 aromatic rings. The lowest BCUT2D eigenvalue weighted by Crippen LogP contribution is -2.39. The van der Waals surface area contributed by atoms with E-state index in [4.69, 9.17) is 0 Å². The van der Waals surface area contributed by atoms with Gasteiger partial charge in [0.1, 0.15) is 5.82 Å². The lowest BCUT2D eigenvalue weighted by Gasteiger charge is -2.32. The maximum Gasteiger partial charge on any atom is 0.254 e. The molecule has 120 valence electrons. The summed E-state index contributed by atoms with van der Waals surface area (Å²) in [5.41, 5.74) is 1.56. The molecule has 1 fully saturated rings. The molecule has 1 aromatic carbocycles. The number of hydrogen-bond acceptors (Lipinski definition) is 3. The van der Waals surface area contributed by atoms with Crippen LogP contribution in [0, 0.1) is 6.92 Å². The molecule has 0 aliphatic carbocycles. The van der Waals surface area contributed by atoms with Crippen LogP contribution in [0.15, 0.2) is 41.3 Å². The number of H-pyrrole nitrogens is 1. The molecule has 1 aliphatic heterocycles. The van der Waals surface area contributed by atoms with E-state index in [-0.39, 0.29) is 17.9 Å². The Labute approximate surface area is 135 Å². The first-order valence-corrected chi connectivity index (χ1v) is 8.01. The van der Waals surface area contributed by atoms with Crippen LogP contribution in [-0.2, 0) is 11.2 Å². The normalized spacial score (nSPS) is 15.6. The van der Waals surface area contributed by atoms with Crippen molar-refractivity contribution in [2.24, 2.45) is 0 Å². The van der Waals surface area contributed by atoms with Gasteiger partial charge in [-0.1, -0.05) is 30.3 Å². The van der Waals surface area contributed by atoms with Gasteiger partial charge in [-0.3, -0.25) is 9.59 Å². The third kappa shape index (κ3) is 3.67. The van der Waals surface area contributed by atoms with Crippen molar-refractivity contribution in [3.8, 4) is 0 Å². The van der Waals surface area contributed by atoms with Gasteiger partial charge in [-0.2, -0.15) is 0 Å². The highest BCUT2D eigenvalue weighted by molar-refractivity contribution is 5.78. The van der Waals surface area contributed by atoms with Gasteiger partial charge in [0, 0.05) is 24.8 Å². The molecule has 2 heterocycles. The van der Waals surface area contributed by atoms with Gasteiger partial charge >= 0.3 is 0 Å². The van der Waals surface area contributed by atoms with Crippen molar-refractivity contribution in [3.63, 3.8) is 0 Å². The number of likely N-dealkylation sites (tertiary alicyclic amines) is 1. The summed E-state index contributed by atoms with van der Waals surface area (Å²) < 4.78 is 0. The topological polar surface area (TPSA) is 66.1 Å². The Morgan fingerprint density at radius 2 is 1.96 bits per heavy atom. The van der Waals surface area contributed by atoms with Crippen molar-refractivity contribution in [1.82, 2.24) is 14.9 Å². The molecular weight excluding hydrogens is 290 g/mol. The summed E-state index contributed by atoms with van der Waals surface area (Å²) in [5.74, 6) is 1.09. The molecule has 5 nitrogen and oxygen atoms in total. The molecular formula is C18H21N3O2. The van der Waals surface area contributed by atoms with Crippen LogP contribution in [0.2, 0.25) is 0 Å². The SMILES string of the molecule is Cc1ncc(CC(=O)N2CCC(c3ccccc3)CC2)c(=O)[nH]1. The zero-order chi connectivity index (χ0) is 16.2. The summed E-state index contributed by atoms with van der Waals surface area (Å²) in [6, 6.07) is 10.4. The van der Waals surface area contributed by atoms with E-state index in [1.807, 2.05) is 11.0 Å². The Hall–Kier alpha value is -2.43. The summed E-state index contributed by atoms with van der Waals surface area (Å²) in [4.78, 5) is 32.8. The molecule has 0 saturated carbocycles. The number of nitrogens with zero attached hydrogens (tertiary/aromatic N) is 2. The van der Waals surface area contributed by atoms with Crippen LogP contribution < -0.4 is 5.56 Å². The Bertz CT molecular complexity index is 731. The van der Waals surface area contributed by atoms with Gasteiger partial charge in [-0.25, -0.2) is 4.98 Å². The van der Waals surface area contributed by atoms with Crippen molar-refractivity contribution >= 4 is 5.91 Å². The Kier molecular flexibility index (Phi) is 4.55. The number of piperidine rings is 1. The van der Waals surface area contributed by atoms with Crippen LogP contribution in [0.5, 0.6) is 0 Å². The fourth-order valence-electron chi connectivity index (χ4n) is 3.10. The Morgan fingerprint density at radius 1 is 1.26 bits per heavy atom. The van der Waals surface area contributed by atoms with Gasteiger partial charge in [-0.05, 0) is 31.2 Å². The second-order valence-electron chi connectivity index (χ2n) is 6.07. The maximum absolute atomic E-state index is 12.4. The third-order valence-electron chi connectivity index (χ3n) is 4.46. The van der Waals surface area contributed by atoms with E-state index in [0.717, 1.165) is 25.9 Å². The van der Waals surface area contributed by atoms with E-state index in [2.05, 4.69) is 34.2 Å². The highest BCUT2D eigenvalue weighted by Gasteiger charge is 2.24. The minimum atomic E-state index is -0.218. The maximum atomic E-state index is 12.4. The Balaban J connectivity index is 1.59. The van der Waals surface area contributed by atoms with E-state index in [1.54, 1.807) is 6.92 Å². The molecule has 1 aromatic heterocycles. The average molecular weight is 311 g/mol. The second-order valence-corrected chi connectivity index (χ2v) is 6.07. The van der Waals surface area contributed by atoms with Gasteiger partial charge in [0.25, 0.3) is 5.56 Å². The number of carbonyl (C=O) groups is 1. The summed E-state index contributed by atoms with van der Waals surface area (Å²) in [5, 5.41) is 0. The number of nitrogens with one attached hydrogen (secondary N) is 1. The van der Waals surface area contributed by atoms with Crippen LogP contribution in [0.25, 0.3) is 0 Å². The molecule has 0 spiro atoms. The minimum Gasteiger partial charge on any atom is -0.342 e. The highest BCUT2D eigenvalue weighted by atomic mass is 16.2. The molecule has 23 heavy (non-hydrogen) atoms. The van der Waals surface area contributed by atoms with Gasteiger partial charge in [0.05, 0.1) is 6.42 Å². The molecule has 0 atom stereocenters. The first kappa shape index (κ1) is 15.5. The predicted molar refractivity (Wildman–Crippen MR) is 88.3 cm³/mol. The smallest absolute Gasteiger partial charge is 0.254 e. The first-order chi connectivity index (χ1) is 11.1. The number of hydrogen-bond donors (Lipinski definition) is 1. The van der Waals surface area contributed by atoms with Gasteiger partial charge in [0.15, 0.2) is 0 Å². The number of rotatable bonds is 3. The summed E-state index contributed by atoms with van der Waals surface area (Å²) in [6.45, 7) is 3.21. The number of aromatic amines is 1. The molecule has 5 heteroatoms. The molecule has 0 bridgehead atoms. The largest absolute Gasteiger partial charge is 0.342 e. The average Bonchev–Trinajstić information content (AvgIpc) is 2.58. The molecule has 1 saturated heterocycles. The monoisotopic (exact) mass is 311 g/mol. The summed E-state index contributed by atoms with van der Waals surface area (Å²) >= 11 is 0. The van der Waals surface area contributed by atoms with E-state index in [9.17, 15) is 9.59 Å². The summed E-state index contributed by atoms with van der Waals surface area (Å²) in [7, 11) is 0. The zero-order valence-corrected chi connectivity index (χ0v) is 13.3. The number of aromatic nitrogens is 2. The van der Waals surface area contributed by atoms with Gasteiger partial charge in [-0.15, -0.1) is 0 Å². The lowest BCUT2D eigenvalue weighted by atomic mass is 9.89. The van der Waals surface area contributed by atoms with Crippen LogP contribution in [0.1, 0.15) is 35.7 Å². The van der Waals surface area contributed by atoms with E-state index in [1.165, 1.54) is 11.8 Å². The standard InChI is InChI=1S/C18H21N3O2/c1-13-19-12-16(18(23)20-13)11-17(22)21-9-7-15(8-10-21)14-5-3-2-4-6-14/h2-6,12,15H,7-11H2,1H3,(H,19,20,23). The molecule has 3 rings (SSSR count). The first-order valence-electron chi connectivity index (χ1n) is 8.01. The zero-order valence-electron chi connectivity index (χ0n) is 13.3. The minimum absolute atomic E-state index is 0.00710. The Morgan fingerprint density at radius 3 is 2.61 bits per heavy atom. The van der Waals surface area contributed by atoms with Crippen molar-refractivity contribution in [1.29, 1.82) is 0 Å². The fourth-order valence-corrected chi connectivity index (χ4v) is 3.10. The second kappa shape index (κ2) is 6.77. The van der Waals surface area contributed by atoms with Gasteiger partial charge < -0.3 is 9.88 Å². The predicted octanol–water partition coefficient (Wildman–Crippen LogP) is 2.03. The lowest BCUT2D eigenvalue weighted by molar-refractivity contribution is -0.131. The van der Waals surface area contributed by atoms with Gasteiger partial charge in [0.2, 0.25) is 5.91 Å². The number of amides is 1. The van der Waals surface area contributed by atoms with Crippen LogP contribution in [0.4, 0.5) is 0 Å². The molecule has 1 amide bonds. The fraction of sp³-hybridized carbons (Fsp3) is 0.389. The number of aryl methyl sites for hydroxylation is 1. The van der Waals surface area contributed by atoms with Crippen LogP contribution in [-0.4, -0.2) is 33.9 Å². The molecule has 0 unspecified atom stereocenters. The highest BCUT2D eigenvalue weighted by Crippen LogP contribution is 2.27. The number of carbonyl (C=O) groups excluding carboxylic acids is 1. The van der Waals surface area contributed by atoms with E-state index < -0.39 is 0 Å². The molecule has 0 radical (unpaired) electrons. The van der Waals surface area contributed by atoms with Crippen molar-refractivity contribution in [3.05, 3.63) is 63.8 Å². The van der Waals surface area contributed by atoms with Crippen molar-refractivity contribution < 1.29 is 4.79 Å². The third-order valence-corrected chi connectivity index (χ3v) is 4.46. The van der Waals surface area contributed by atoms with Crippen molar-refractivity contribution in [2.45, 2.75) is 32.1 Å². The quantitative estimate of drug-likeness (QED) is 0.943. The van der Waals surface area contributed by atoms with Crippen LogP contribution in [0.3, 0.4) is 0 Å². The van der Waals surface area contributed by atoms with Crippen molar-refractivity contribution in [2.75, 3.05) is 13.1 Å². The van der Waals surface area contributed by atoms with E-state index in [0.29, 0.717) is 17.3 Å². The molecule has 1 aliphatic rings. The summed E-state index contributed by atoms with van der Waals surface area (Å²) in [6.07, 6.45) is 3.57. The van der Waals surface area contributed by atoms with E-state index >= 15 is 0 Å². The molecule has 1 N–H and O–H groups in total. The number of benzene rings is 1.